The Morgan fingerprint density at radius 2 is 1.97 bits per heavy atom. The molecule has 0 saturated heterocycles. The number of ether oxygens (including phenoxy) is 1. The van der Waals surface area contributed by atoms with Crippen LogP contribution in [0.2, 0.25) is 0 Å². The summed E-state index contributed by atoms with van der Waals surface area (Å²) in [6.07, 6.45) is 6.95. The first-order valence-corrected chi connectivity index (χ1v) is 11.4. The molecule has 1 aromatic heterocycles. The molecular formula is C25H26F3N3O2. The van der Waals surface area contributed by atoms with Crippen molar-refractivity contribution >= 4 is 16.8 Å². The Morgan fingerprint density at radius 3 is 2.70 bits per heavy atom. The third kappa shape index (κ3) is 4.08. The van der Waals surface area contributed by atoms with Gasteiger partial charge in [-0.3, -0.25) is 9.69 Å². The van der Waals surface area contributed by atoms with Gasteiger partial charge in [0.15, 0.2) is 0 Å². The fraction of sp³-hybridized carbons (Fsp3) is 0.400. The Morgan fingerprint density at radius 1 is 1.15 bits per heavy atom. The van der Waals surface area contributed by atoms with E-state index in [9.17, 15) is 18.0 Å². The van der Waals surface area contributed by atoms with Gasteiger partial charge in [-0.05, 0) is 62.4 Å². The van der Waals surface area contributed by atoms with Crippen LogP contribution in [0.1, 0.15) is 47.2 Å². The highest BCUT2D eigenvalue weighted by atomic mass is 19.1. The number of nitrogens with one attached hydrogen (secondary N) is 1. The number of H-pyrrole nitrogens is 1. The second-order valence-electron chi connectivity index (χ2n) is 8.99. The van der Waals surface area contributed by atoms with Crippen LogP contribution in [-0.2, 0) is 12.8 Å². The summed E-state index contributed by atoms with van der Waals surface area (Å²) < 4.78 is 48.2. The van der Waals surface area contributed by atoms with Gasteiger partial charge in [-0.25, -0.2) is 13.2 Å². The van der Waals surface area contributed by atoms with E-state index in [1.54, 1.807) is 6.20 Å². The normalized spacial score (nSPS) is 18.2. The van der Waals surface area contributed by atoms with Gasteiger partial charge in [-0.15, -0.1) is 0 Å². The number of benzene rings is 2. The summed E-state index contributed by atoms with van der Waals surface area (Å²) in [5.41, 5.74) is 7.23. The van der Waals surface area contributed by atoms with Gasteiger partial charge in [0.05, 0.1) is 11.1 Å². The summed E-state index contributed by atoms with van der Waals surface area (Å²) in [5, 5.41) is 0.568. The van der Waals surface area contributed by atoms with Crippen LogP contribution in [-0.4, -0.2) is 41.0 Å². The smallest absolute Gasteiger partial charge is 0.252 e. The van der Waals surface area contributed by atoms with Gasteiger partial charge in [-0.1, -0.05) is 6.42 Å². The largest absolute Gasteiger partial charge is 0.491 e. The van der Waals surface area contributed by atoms with Crippen LogP contribution in [0.15, 0.2) is 30.5 Å². The van der Waals surface area contributed by atoms with Crippen molar-refractivity contribution in [2.24, 2.45) is 5.73 Å². The fourth-order valence-corrected chi connectivity index (χ4v) is 5.09. The van der Waals surface area contributed by atoms with E-state index in [1.807, 2.05) is 0 Å². The molecule has 174 valence electrons. The van der Waals surface area contributed by atoms with E-state index in [-0.39, 0.29) is 17.4 Å². The lowest BCUT2D eigenvalue weighted by molar-refractivity contribution is 0.0425. The van der Waals surface area contributed by atoms with Crippen molar-refractivity contribution in [2.75, 3.05) is 13.2 Å². The van der Waals surface area contributed by atoms with Gasteiger partial charge in [0, 0.05) is 35.3 Å². The first-order valence-electron chi connectivity index (χ1n) is 11.4. The average molecular weight is 457 g/mol. The molecule has 8 heteroatoms. The standard InChI is InChI=1S/C25H26F3N3O2/c26-15-9-19-14(12-30-23(19)22(28)10-15)3-2-8-31(16-4-1-5-16)17-11-20-21(27)7-6-18(25(29)32)24(20)33-13-17/h6-7,9-10,12,16-17,30H,1-5,8,11,13H2,(H2,29,32). The van der Waals surface area contributed by atoms with Crippen LogP contribution in [0.4, 0.5) is 13.2 Å². The zero-order chi connectivity index (χ0) is 23.1. The van der Waals surface area contributed by atoms with E-state index >= 15 is 0 Å². The number of aromatic nitrogens is 1. The molecule has 1 amide bonds. The number of fused-ring (bicyclic) bond motifs is 2. The van der Waals surface area contributed by atoms with Gasteiger partial charge in [-0.2, -0.15) is 0 Å². The molecule has 1 fully saturated rings. The number of nitrogens with zero attached hydrogens (tertiary/aromatic N) is 1. The van der Waals surface area contributed by atoms with E-state index in [0.717, 1.165) is 43.9 Å². The summed E-state index contributed by atoms with van der Waals surface area (Å²) >= 11 is 0. The molecule has 0 spiro atoms. The third-order valence-electron chi connectivity index (χ3n) is 7.00. The van der Waals surface area contributed by atoms with Crippen LogP contribution < -0.4 is 10.5 Å². The molecule has 5 nitrogen and oxygen atoms in total. The maximum Gasteiger partial charge on any atom is 0.252 e. The number of primary amides is 1. The Bertz CT molecular complexity index is 1210. The van der Waals surface area contributed by atoms with Crippen LogP contribution in [0.3, 0.4) is 0 Å². The van der Waals surface area contributed by atoms with Gasteiger partial charge in [0.2, 0.25) is 0 Å². The van der Waals surface area contributed by atoms with E-state index in [1.165, 1.54) is 18.2 Å². The molecule has 1 aliphatic carbocycles. The summed E-state index contributed by atoms with van der Waals surface area (Å²) in [4.78, 5) is 17.0. The van der Waals surface area contributed by atoms with Crippen molar-refractivity contribution in [3.63, 3.8) is 0 Å². The van der Waals surface area contributed by atoms with Crippen LogP contribution in [0, 0.1) is 17.5 Å². The molecule has 2 aromatic carbocycles. The number of aromatic amines is 1. The molecule has 3 N–H and O–H groups in total. The maximum absolute atomic E-state index is 14.6. The molecule has 1 aliphatic heterocycles. The number of halogens is 3. The van der Waals surface area contributed by atoms with Crippen molar-refractivity contribution < 1.29 is 22.7 Å². The minimum atomic E-state index is -0.632. The number of rotatable bonds is 7. The van der Waals surface area contributed by atoms with E-state index < -0.39 is 23.4 Å². The molecular weight excluding hydrogens is 431 g/mol. The number of nitrogens with two attached hydrogens (primary N) is 1. The van der Waals surface area contributed by atoms with Gasteiger partial charge in [0.1, 0.15) is 29.8 Å². The highest BCUT2D eigenvalue weighted by Gasteiger charge is 2.35. The summed E-state index contributed by atoms with van der Waals surface area (Å²) in [7, 11) is 0. The lowest BCUT2D eigenvalue weighted by Gasteiger charge is -2.44. The Labute approximate surface area is 189 Å². The molecule has 0 radical (unpaired) electrons. The highest BCUT2D eigenvalue weighted by Crippen LogP contribution is 2.35. The topological polar surface area (TPSA) is 71.4 Å². The molecule has 1 saturated carbocycles. The molecule has 1 unspecified atom stereocenters. The maximum atomic E-state index is 14.6. The van der Waals surface area contributed by atoms with Gasteiger partial charge in [0.25, 0.3) is 5.91 Å². The summed E-state index contributed by atoms with van der Waals surface area (Å²) in [5.74, 6) is -1.95. The zero-order valence-electron chi connectivity index (χ0n) is 18.2. The van der Waals surface area contributed by atoms with Crippen molar-refractivity contribution in [2.45, 2.75) is 50.6 Å². The minimum Gasteiger partial charge on any atom is -0.491 e. The number of hydrogen-bond donors (Lipinski definition) is 2. The first kappa shape index (κ1) is 21.8. The first-order chi connectivity index (χ1) is 15.9. The molecule has 0 bridgehead atoms. The van der Waals surface area contributed by atoms with E-state index in [4.69, 9.17) is 10.5 Å². The lowest BCUT2D eigenvalue weighted by Crippen LogP contribution is -2.51. The monoisotopic (exact) mass is 457 g/mol. The number of hydrogen-bond acceptors (Lipinski definition) is 3. The van der Waals surface area contributed by atoms with Crippen LogP contribution >= 0.6 is 0 Å². The van der Waals surface area contributed by atoms with Crippen molar-refractivity contribution in [3.05, 3.63) is 64.6 Å². The van der Waals surface area contributed by atoms with Gasteiger partial charge >= 0.3 is 0 Å². The van der Waals surface area contributed by atoms with Crippen molar-refractivity contribution in [1.82, 2.24) is 9.88 Å². The number of carbonyl (C=O) groups is 1. The van der Waals surface area contributed by atoms with Crippen molar-refractivity contribution in [3.8, 4) is 5.75 Å². The van der Waals surface area contributed by atoms with E-state index in [2.05, 4.69) is 9.88 Å². The molecule has 2 heterocycles. The number of amides is 1. The quantitative estimate of drug-likeness (QED) is 0.550. The zero-order valence-corrected chi connectivity index (χ0v) is 18.2. The third-order valence-corrected chi connectivity index (χ3v) is 7.00. The number of aryl methyl sites for hydroxylation is 1. The highest BCUT2D eigenvalue weighted by molar-refractivity contribution is 5.96. The number of carbonyl (C=O) groups excluding carboxylic acids is 1. The lowest BCUT2D eigenvalue weighted by atomic mass is 9.88. The second-order valence-corrected chi connectivity index (χ2v) is 8.99. The minimum absolute atomic E-state index is 0.0155. The Hall–Kier alpha value is -3.00. The fourth-order valence-electron chi connectivity index (χ4n) is 5.09. The SMILES string of the molecule is NC(=O)c1ccc(F)c2c1OCC(N(CCCc1c[nH]c3c(F)cc(F)cc13)C1CCC1)C2. The Kier molecular flexibility index (Phi) is 5.78. The summed E-state index contributed by atoms with van der Waals surface area (Å²) in [6, 6.07) is 5.27. The van der Waals surface area contributed by atoms with Crippen molar-refractivity contribution in [1.29, 1.82) is 0 Å². The van der Waals surface area contributed by atoms with Crippen LogP contribution in [0.25, 0.3) is 10.9 Å². The average Bonchev–Trinajstić information content (AvgIpc) is 3.14. The molecule has 3 aromatic rings. The van der Waals surface area contributed by atoms with Gasteiger partial charge < -0.3 is 15.5 Å². The van der Waals surface area contributed by atoms with E-state index in [0.29, 0.717) is 42.0 Å². The molecule has 33 heavy (non-hydrogen) atoms. The summed E-state index contributed by atoms with van der Waals surface area (Å²) in [6.45, 7) is 1.12. The Balaban J connectivity index is 1.32. The molecule has 2 aliphatic rings. The molecule has 5 rings (SSSR count). The predicted octanol–water partition coefficient (Wildman–Crippen LogP) is 4.47. The predicted molar refractivity (Wildman–Crippen MR) is 119 cm³/mol. The van der Waals surface area contributed by atoms with Crippen LogP contribution in [0.5, 0.6) is 5.75 Å². The second kappa shape index (κ2) is 8.74. The molecule has 1 atom stereocenters.